The molecule has 4 rings (SSSR count). The second-order valence-electron chi connectivity index (χ2n) is 5.47. The van der Waals surface area contributed by atoms with E-state index < -0.39 is 0 Å². The number of rotatable bonds is 6. The van der Waals surface area contributed by atoms with E-state index in [2.05, 4.69) is 45.1 Å². The van der Waals surface area contributed by atoms with E-state index in [1.807, 2.05) is 31.2 Å². The molecule has 0 saturated heterocycles. The number of hydrogen-bond acceptors (Lipinski definition) is 7. The Kier molecular flexibility index (Phi) is 5.10. The first-order valence-electron chi connectivity index (χ1n) is 8.15. The zero-order valence-corrected chi connectivity index (χ0v) is 16.8. The van der Waals surface area contributed by atoms with Gasteiger partial charge in [0, 0.05) is 15.8 Å². The average Bonchev–Trinajstić information content (AvgIpc) is 3.28. The molecule has 0 fully saturated rings. The van der Waals surface area contributed by atoms with Crippen LogP contribution < -0.4 is 10.1 Å². The van der Waals surface area contributed by atoms with Gasteiger partial charge in [-0.1, -0.05) is 11.3 Å². The Balaban J connectivity index is 1.52. The Labute approximate surface area is 164 Å². The molecule has 132 valence electrons. The third kappa shape index (κ3) is 3.70. The Bertz CT molecular complexity index is 1020. The van der Waals surface area contributed by atoms with Crippen LogP contribution in [0.5, 0.6) is 5.75 Å². The summed E-state index contributed by atoms with van der Waals surface area (Å²) in [7, 11) is 0. The summed E-state index contributed by atoms with van der Waals surface area (Å²) in [6, 6.07) is 14.4. The van der Waals surface area contributed by atoms with E-state index in [1.165, 1.54) is 9.60 Å². The highest BCUT2D eigenvalue weighted by molar-refractivity contribution is 7.98. The standard InChI is InChI=1S/C19H17N3OS3/c1-3-23-13-6-4-12(5-7-13)16-11-25-18(21-16)22-19-20-15-9-8-14(24-2)10-17(15)26-19/h4-11H,3H2,1-2H3,(H,20,21,22). The Hall–Kier alpha value is -2.09. The average molecular weight is 400 g/mol. The Morgan fingerprint density at radius 2 is 1.92 bits per heavy atom. The number of nitrogens with zero attached hydrogens (tertiary/aromatic N) is 2. The highest BCUT2D eigenvalue weighted by Crippen LogP contribution is 2.33. The third-order valence-corrected chi connectivity index (χ3v) is 6.19. The van der Waals surface area contributed by atoms with Crippen LogP contribution in [0.25, 0.3) is 21.5 Å². The zero-order chi connectivity index (χ0) is 17.9. The Morgan fingerprint density at radius 1 is 1.08 bits per heavy atom. The van der Waals surface area contributed by atoms with Crippen LogP contribution in [0.2, 0.25) is 0 Å². The largest absolute Gasteiger partial charge is 0.494 e. The lowest BCUT2D eigenvalue weighted by Gasteiger charge is -2.03. The van der Waals surface area contributed by atoms with Crippen molar-refractivity contribution in [3.63, 3.8) is 0 Å². The van der Waals surface area contributed by atoms with E-state index in [0.717, 1.165) is 32.8 Å². The van der Waals surface area contributed by atoms with Gasteiger partial charge in [-0.2, -0.15) is 0 Å². The minimum atomic E-state index is 0.671. The number of aromatic nitrogens is 2. The maximum absolute atomic E-state index is 5.49. The molecule has 0 aliphatic rings. The maximum atomic E-state index is 5.49. The first-order valence-corrected chi connectivity index (χ1v) is 11.1. The van der Waals surface area contributed by atoms with Crippen molar-refractivity contribution in [2.75, 3.05) is 18.2 Å². The summed E-state index contributed by atoms with van der Waals surface area (Å²) >= 11 is 4.97. The number of nitrogens with one attached hydrogen (secondary N) is 1. The van der Waals surface area contributed by atoms with E-state index in [-0.39, 0.29) is 0 Å². The molecule has 0 unspecified atom stereocenters. The molecule has 0 radical (unpaired) electrons. The lowest BCUT2D eigenvalue weighted by atomic mass is 10.2. The second-order valence-corrected chi connectivity index (χ2v) is 8.24. The van der Waals surface area contributed by atoms with Crippen molar-refractivity contribution in [3.8, 4) is 17.0 Å². The fraction of sp³-hybridized carbons (Fsp3) is 0.158. The van der Waals surface area contributed by atoms with Gasteiger partial charge in [-0.25, -0.2) is 9.97 Å². The van der Waals surface area contributed by atoms with Crippen LogP contribution in [-0.2, 0) is 0 Å². The molecule has 7 heteroatoms. The number of thiazole rings is 2. The number of benzene rings is 2. The molecule has 0 amide bonds. The van der Waals surface area contributed by atoms with Gasteiger partial charge in [0.15, 0.2) is 10.3 Å². The summed E-state index contributed by atoms with van der Waals surface area (Å²) < 4.78 is 6.67. The lowest BCUT2D eigenvalue weighted by molar-refractivity contribution is 0.340. The van der Waals surface area contributed by atoms with Gasteiger partial charge < -0.3 is 10.1 Å². The summed E-state index contributed by atoms with van der Waals surface area (Å²) in [5, 5.41) is 7.10. The Morgan fingerprint density at radius 3 is 2.69 bits per heavy atom. The second kappa shape index (κ2) is 7.65. The molecule has 0 aliphatic carbocycles. The van der Waals surface area contributed by atoms with E-state index in [1.54, 1.807) is 34.4 Å². The summed E-state index contributed by atoms with van der Waals surface area (Å²) in [4.78, 5) is 10.6. The monoisotopic (exact) mass is 399 g/mol. The van der Waals surface area contributed by atoms with Gasteiger partial charge in [0.2, 0.25) is 0 Å². The molecular weight excluding hydrogens is 382 g/mol. The van der Waals surface area contributed by atoms with Crippen LogP contribution in [0.1, 0.15) is 6.92 Å². The molecule has 26 heavy (non-hydrogen) atoms. The van der Waals surface area contributed by atoms with E-state index >= 15 is 0 Å². The van der Waals surface area contributed by atoms with E-state index in [4.69, 9.17) is 4.74 Å². The van der Waals surface area contributed by atoms with Gasteiger partial charge in [0.05, 0.1) is 22.5 Å². The minimum absolute atomic E-state index is 0.671. The molecule has 2 aromatic carbocycles. The zero-order valence-electron chi connectivity index (χ0n) is 14.4. The molecule has 0 spiro atoms. The molecule has 0 aliphatic heterocycles. The van der Waals surface area contributed by atoms with Crippen molar-refractivity contribution in [3.05, 3.63) is 47.8 Å². The van der Waals surface area contributed by atoms with Crippen molar-refractivity contribution in [1.82, 2.24) is 9.97 Å². The number of hydrogen-bond donors (Lipinski definition) is 1. The minimum Gasteiger partial charge on any atom is -0.494 e. The van der Waals surface area contributed by atoms with Gasteiger partial charge >= 0.3 is 0 Å². The molecule has 0 saturated carbocycles. The molecular formula is C19H17N3OS3. The molecule has 2 heterocycles. The number of thioether (sulfide) groups is 1. The van der Waals surface area contributed by atoms with Gasteiger partial charge in [-0.3, -0.25) is 0 Å². The molecule has 4 nitrogen and oxygen atoms in total. The fourth-order valence-electron chi connectivity index (χ4n) is 2.53. The fourth-order valence-corrected chi connectivity index (χ4v) is 4.73. The molecule has 1 N–H and O–H groups in total. The van der Waals surface area contributed by atoms with Crippen LogP contribution in [0.15, 0.2) is 52.7 Å². The summed E-state index contributed by atoms with van der Waals surface area (Å²) in [5.74, 6) is 0.879. The van der Waals surface area contributed by atoms with Gasteiger partial charge in [0.1, 0.15) is 5.75 Å². The first-order chi connectivity index (χ1) is 12.7. The predicted octanol–water partition coefficient (Wildman–Crippen LogP) is 6.28. The molecule has 4 aromatic rings. The van der Waals surface area contributed by atoms with Gasteiger partial charge in [-0.15, -0.1) is 23.1 Å². The quantitative estimate of drug-likeness (QED) is 0.386. The van der Waals surface area contributed by atoms with E-state index in [9.17, 15) is 0 Å². The van der Waals surface area contributed by atoms with Crippen molar-refractivity contribution < 1.29 is 4.74 Å². The van der Waals surface area contributed by atoms with Crippen LogP contribution in [0, 0.1) is 0 Å². The normalized spacial score (nSPS) is 11.0. The number of ether oxygens (including phenoxy) is 1. The number of fused-ring (bicyclic) bond motifs is 1. The SMILES string of the molecule is CCOc1ccc(-c2csc(Nc3nc4ccc(SC)cc4s3)n2)cc1. The van der Waals surface area contributed by atoms with Crippen LogP contribution in [0.4, 0.5) is 10.3 Å². The number of anilines is 2. The van der Waals surface area contributed by atoms with Gasteiger partial charge in [0.25, 0.3) is 0 Å². The smallest absolute Gasteiger partial charge is 0.190 e. The van der Waals surface area contributed by atoms with Crippen LogP contribution in [-0.4, -0.2) is 22.8 Å². The van der Waals surface area contributed by atoms with Crippen LogP contribution in [0.3, 0.4) is 0 Å². The third-order valence-electron chi connectivity index (χ3n) is 3.77. The highest BCUT2D eigenvalue weighted by atomic mass is 32.2. The topological polar surface area (TPSA) is 47.0 Å². The predicted molar refractivity (Wildman–Crippen MR) is 113 cm³/mol. The van der Waals surface area contributed by atoms with Crippen molar-refractivity contribution in [2.24, 2.45) is 0 Å². The van der Waals surface area contributed by atoms with Crippen molar-refractivity contribution >= 4 is 54.9 Å². The van der Waals surface area contributed by atoms with E-state index in [0.29, 0.717) is 6.61 Å². The molecule has 0 atom stereocenters. The van der Waals surface area contributed by atoms with Crippen molar-refractivity contribution in [1.29, 1.82) is 0 Å². The molecule has 2 aromatic heterocycles. The lowest BCUT2D eigenvalue weighted by Crippen LogP contribution is -1.91. The van der Waals surface area contributed by atoms with Crippen LogP contribution >= 0.6 is 34.4 Å². The van der Waals surface area contributed by atoms with Crippen molar-refractivity contribution in [2.45, 2.75) is 11.8 Å². The summed E-state index contributed by atoms with van der Waals surface area (Å²) in [6.07, 6.45) is 2.08. The van der Waals surface area contributed by atoms with Gasteiger partial charge in [-0.05, 0) is 55.6 Å². The summed E-state index contributed by atoms with van der Waals surface area (Å²) in [6.45, 7) is 2.65. The highest BCUT2D eigenvalue weighted by Gasteiger charge is 2.09. The summed E-state index contributed by atoms with van der Waals surface area (Å²) in [5.41, 5.74) is 3.04. The molecule has 0 bridgehead atoms. The first kappa shape index (κ1) is 17.3. The maximum Gasteiger partial charge on any atom is 0.190 e.